The van der Waals surface area contributed by atoms with Crippen LogP contribution in [-0.2, 0) is 11.3 Å². The van der Waals surface area contributed by atoms with E-state index in [1.807, 2.05) is 24.3 Å². The van der Waals surface area contributed by atoms with Gasteiger partial charge in [0.1, 0.15) is 12.3 Å². The first-order valence-electron chi connectivity index (χ1n) is 7.85. The van der Waals surface area contributed by atoms with Crippen molar-refractivity contribution < 1.29 is 9.53 Å². The van der Waals surface area contributed by atoms with Crippen LogP contribution in [0.5, 0.6) is 5.75 Å². The van der Waals surface area contributed by atoms with E-state index in [-0.39, 0.29) is 12.5 Å². The normalized spacial score (nSPS) is 14.5. The third kappa shape index (κ3) is 3.56. The summed E-state index contributed by atoms with van der Waals surface area (Å²) in [5.74, 6) is 0.772. The number of methoxy groups -OCH3 is 1. The Kier molecular flexibility index (Phi) is 4.79. The third-order valence-corrected chi connectivity index (χ3v) is 4.16. The highest BCUT2D eigenvalue weighted by molar-refractivity contribution is 5.76. The summed E-state index contributed by atoms with van der Waals surface area (Å²) in [5.41, 5.74) is 0.717. The van der Waals surface area contributed by atoms with Gasteiger partial charge in [-0.25, -0.2) is 9.78 Å². The number of anilines is 1. The van der Waals surface area contributed by atoms with Crippen molar-refractivity contribution in [3.63, 3.8) is 0 Å². The molecule has 0 aliphatic carbocycles. The molecule has 1 aliphatic rings. The Hall–Kier alpha value is -2.83. The Morgan fingerprint density at radius 1 is 1.17 bits per heavy atom. The van der Waals surface area contributed by atoms with Gasteiger partial charge in [-0.3, -0.25) is 9.36 Å². The molecule has 1 fully saturated rings. The second-order valence-corrected chi connectivity index (χ2v) is 5.60. The minimum atomic E-state index is -0.400. The van der Waals surface area contributed by atoms with E-state index in [2.05, 4.69) is 9.88 Å². The van der Waals surface area contributed by atoms with Crippen molar-refractivity contribution in [2.45, 2.75) is 6.54 Å². The Bertz CT molecular complexity index is 749. The van der Waals surface area contributed by atoms with Gasteiger partial charge in [0.25, 0.3) is 0 Å². The fourth-order valence-electron chi connectivity index (χ4n) is 2.76. The predicted molar refractivity (Wildman–Crippen MR) is 90.3 cm³/mol. The van der Waals surface area contributed by atoms with Gasteiger partial charge in [0.05, 0.1) is 7.11 Å². The van der Waals surface area contributed by atoms with Gasteiger partial charge in [-0.2, -0.15) is 0 Å². The summed E-state index contributed by atoms with van der Waals surface area (Å²) in [5, 5.41) is 0. The van der Waals surface area contributed by atoms with Gasteiger partial charge in [-0.15, -0.1) is 0 Å². The molecule has 7 nitrogen and oxygen atoms in total. The lowest BCUT2D eigenvalue weighted by atomic mass is 10.2. The Morgan fingerprint density at radius 2 is 1.88 bits per heavy atom. The van der Waals surface area contributed by atoms with Crippen LogP contribution in [-0.4, -0.2) is 53.6 Å². The van der Waals surface area contributed by atoms with Crippen LogP contribution in [0.4, 0.5) is 5.69 Å². The fraction of sp³-hybridized carbons (Fsp3) is 0.353. The molecule has 0 atom stereocenters. The molecule has 2 aromatic rings. The van der Waals surface area contributed by atoms with E-state index >= 15 is 0 Å². The number of piperazine rings is 1. The maximum Gasteiger partial charge on any atom is 0.347 e. The zero-order chi connectivity index (χ0) is 16.9. The summed E-state index contributed by atoms with van der Waals surface area (Å²) >= 11 is 0. The summed E-state index contributed by atoms with van der Waals surface area (Å²) in [4.78, 5) is 31.6. The number of hydrogen-bond donors (Lipinski definition) is 0. The van der Waals surface area contributed by atoms with Crippen molar-refractivity contribution in [2.24, 2.45) is 0 Å². The average molecular weight is 328 g/mol. The third-order valence-electron chi connectivity index (χ3n) is 4.16. The number of hydrogen-bond acceptors (Lipinski definition) is 5. The number of carbonyl (C=O) groups excluding carboxylic acids is 1. The largest absolute Gasteiger partial charge is 0.497 e. The van der Waals surface area contributed by atoms with E-state index in [9.17, 15) is 9.59 Å². The van der Waals surface area contributed by atoms with Crippen LogP contribution in [0.1, 0.15) is 0 Å². The molecule has 0 radical (unpaired) electrons. The Balaban J connectivity index is 1.57. The molecule has 1 aromatic carbocycles. The van der Waals surface area contributed by atoms with Gasteiger partial charge in [-0.05, 0) is 30.3 Å². The summed E-state index contributed by atoms with van der Waals surface area (Å²) in [7, 11) is 1.65. The van der Waals surface area contributed by atoms with Crippen LogP contribution < -0.4 is 15.3 Å². The minimum Gasteiger partial charge on any atom is -0.497 e. The highest BCUT2D eigenvalue weighted by Crippen LogP contribution is 2.20. The van der Waals surface area contributed by atoms with Crippen molar-refractivity contribution in [2.75, 3.05) is 38.2 Å². The quantitative estimate of drug-likeness (QED) is 0.822. The van der Waals surface area contributed by atoms with E-state index in [4.69, 9.17) is 4.74 Å². The summed E-state index contributed by atoms with van der Waals surface area (Å²) in [6.07, 6.45) is 3.01. The number of ether oxygens (including phenoxy) is 1. The molecular weight excluding hydrogens is 308 g/mol. The van der Waals surface area contributed by atoms with Gasteiger partial charge in [0.15, 0.2) is 0 Å². The van der Waals surface area contributed by atoms with Crippen molar-refractivity contribution in [3.05, 3.63) is 53.2 Å². The van der Waals surface area contributed by atoms with E-state index in [1.165, 1.54) is 10.8 Å². The Morgan fingerprint density at radius 3 is 2.50 bits per heavy atom. The number of carbonyl (C=O) groups is 1. The van der Waals surface area contributed by atoms with E-state index in [0.717, 1.165) is 24.5 Å². The summed E-state index contributed by atoms with van der Waals surface area (Å²) in [6.45, 7) is 2.84. The number of rotatable bonds is 4. The molecule has 0 N–H and O–H groups in total. The van der Waals surface area contributed by atoms with E-state index < -0.39 is 5.69 Å². The van der Waals surface area contributed by atoms with Crippen LogP contribution in [0.15, 0.2) is 47.5 Å². The van der Waals surface area contributed by atoms with Crippen LogP contribution in [0.25, 0.3) is 0 Å². The van der Waals surface area contributed by atoms with Crippen LogP contribution >= 0.6 is 0 Å². The molecular formula is C17H20N4O3. The fourth-order valence-corrected chi connectivity index (χ4v) is 2.76. The van der Waals surface area contributed by atoms with Crippen LogP contribution in [0.2, 0.25) is 0 Å². The molecule has 1 saturated heterocycles. The predicted octanol–water partition coefficient (Wildman–Crippen LogP) is 0.601. The summed E-state index contributed by atoms with van der Waals surface area (Å²) in [6, 6.07) is 9.55. The second kappa shape index (κ2) is 7.16. The molecule has 7 heteroatoms. The van der Waals surface area contributed by atoms with E-state index in [1.54, 1.807) is 24.3 Å². The van der Waals surface area contributed by atoms with Gasteiger partial charge in [0.2, 0.25) is 5.91 Å². The summed E-state index contributed by atoms with van der Waals surface area (Å²) < 4.78 is 6.50. The highest BCUT2D eigenvalue weighted by Gasteiger charge is 2.21. The van der Waals surface area contributed by atoms with Gasteiger partial charge in [-0.1, -0.05) is 0 Å². The molecule has 0 saturated carbocycles. The SMILES string of the molecule is COc1ccc(N2CCN(C(=O)Cn3cccnc3=O)CC2)cc1. The van der Waals surface area contributed by atoms with Gasteiger partial charge < -0.3 is 14.5 Å². The maximum absolute atomic E-state index is 12.3. The monoisotopic (exact) mass is 328 g/mol. The molecule has 1 aromatic heterocycles. The van der Waals surface area contributed by atoms with E-state index in [0.29, 0.717) is 13.1 Å². The topological polar surface area (TPSA) is 67.7 Å². The molecule has 126 valence electrons. The van der Waals surface area contributed by atoms with Crippen molar-refractivity contribution in [3.8, 4) is 5.75 Å². The molecule has 1 amide bonds. The van der Waals surface area contributed by atoms with Crippen molar-refractivity contribution >= 4 is 11.6 Å². The average Bonchev–Trinajstić information content (AvgIpc) is 2.64. The van der Waals surface area contributed by atoms with Gasteiger partial charge in [0, 0.05) is 44.3 Å². The highest BCUT2D eigenvalue weighted by atomic mass is 16.5. The molecule has 0 unspecified atom stereocenters. The molecule has 1 aliphatic heterocycles. The minimum absolute atomic E-state index is 0.0369. The molecule has 0 spiro atoms. The first-order valence-corrected chi connectivity index (χ1v) is 7.85. The van der Waals surface area contributed by atoms with Crippen LogP contribution in [0.3, 0.4) is 0 Å². The zero-order valence-corrected chi connectivity index (χ0v) is 13.6. The first kappa shape index (κ1) is 16.0. The van der Waals surface area contributed by atoms with Crippen molar-refractivity contribution in [1.29, 1.82) is 0 Å². The molecule has 24 heavy (non-hydrogen) atoms. The Labute approximate surface area is 140 Å². The number of amides is 1. The second-order valence-electron chi connectivity index (χ2n) is 5.60. The lowest BCUT2D eigenvalue weighted by molar-refractivity contribution is -0.132. The number of aromatic nitrogens is 2. The van der Waals surface area contributed by atoms with Gasteiger partial charge >= 0.3 is 5.69 Å². The lowest BCUT2D eigenvalue weighted by Crippen LogP contribution is -2.50. The zero-order valence-electron chi connectivity index (χ0n) is 13.6. The molecule has 2 heterocycles. The maximum atomic E-state index is 12.3. The first-order chi connectivity index (χ1) is 11.7. The lowest BCUT2D eigenvalue weighted by Gasteiger charge is -2.36. The molecule has 0 bridgehead atoms. The standard InChI is InChI=1S/C17H20N4O3/c1-24-15-5-3-14(4-6-15)19-9-11-20(12-10-19)16(22)13-21-8-2-7-18-17(21)23/h2-8H,9-13H2,1H3. The van der Waals surface area contributed by atoms with Crippen LogP contribution in [0, 0.1) is 0 Å². The molecule has 3 rings (SSSR count). The van der Waals surface area contributed by atoms with Crippen molar-refractivity contribution in [1.82, 2.24) is 14.5 Å². The number of benzene rings is 1. The number of nitrogens with zero attached hydrogens (tertiary/aromatic N) is 4. The smallest absolute Gasteiger partial charge is 0.347 e.